The highest BCUT2D eigenvalue weighted by Crippen LogP contribution is 2.52. The Morgan fingerprint density at radius 3 is 2.70 bits per heavy atom. The van der Waals surface area contributed by atoms with Crippen LogP contribution in [0.4, 0.5) is 0 Å². The second-order valence-electron chi connectivity index (χ2n) is 7.58. The van der Waals surface area contributed by atoms with Crippen molar-refractivity contribution in [2.75, 3.05) is 26.7 Å². The van der Waals surface area contributed by atoms with E-state index in [1.54, 1.807) is 0 Å². The molecular formula is C16H27BrNO2+. The maximum Gasteiger partial charge on any atom is 0.312 e. The minimum absolute atomic E-state index is 0.00922. The molecule has 114 valence electrons. The maximum atomic E-state index is 12.2. The molecule has 3 aliphatic rings. The SMILES string of the molecule is CC1(C(=O)OC[C@@H]2CCC[N+]3(C)CCCC[C@H]23)CC1Br. The van der Waals surface area contributed by atoms with Crippen LogP contribution < -0.4 is 0 Å². The van der Waals surface area contributed by atoms with Crippen LogP contribution >= 0.6 is 15.9 Å². The molecule has 3 unspecified atom stereocenters. The normalized spacial score (nSPS) is 47.5. The number of hydrogen-bond acceptors (Lipinski definition) is 2. The van der Waals surface area contributed by atoms with Gasteiger partial charge in [0, 0.05) is 17.2 Å². The third-order valence-electron chi connectivity index (χ3n) is 6.04. The van der Waals surface area contributed by atoms with E-state index >= 15 is 0 Å². The lowest BCUT2D eigenvalue weighted by atomic mass is 9.82. The van der Waals surface area contributed by atoms with E-state index in [9.17, 15) is 4.79 Å². The summed E-state index contributed by atoms with van der Waals surface area (Å²) >= 11 is 3.53. The largest absolute Gasteiger partial charge is 0.465 e. The molecule has 3 nitrogen and oxygen atoms in total. The van der Waals surface area contributed by atoms with Gasteiger partial charge >= 0.3 is 5.97 Å². The van der Waals surface area contributed by atoms with Gasteiger partial charge in [-0.15, -0.1) is 0 Å². The maximum absolute atomic E-state index is 12.2. The van der Waals surface area contributed by atoms with Gasteiger partial charge in [-0.1, -0.05) is 15.9 Å². The Labute approximate surface area is 130 Å². The summed E-state index contributed by atoms with van der Waals surface area (Å²) in [6.07, 6.45) is 7.48. The number of fused-ring (bicyclic) bond motifs is 1. The average molecular weight is 345 g/mol. The number of piperidine rings is 2. The van der Waals surface area contributed by atoms with Crippen molar-refractivity contribution in [3.63, 3.8) is 0 Å². The molecule has 2 heterocycles. The van der Waals surface area contributed by atoms with Crippen molar-refractivity contribution in [2.45, 2.75) is 56.3 Å². The summed E-state index contributed by atoms with van der Waals surface area (Å²) in [7, 11) is 2.41. The number of nitrogens with zero attached hydrogens (tertiary/aromatic N) is 1. The van der Waals surface area contributed by atoms with Crippen LogP contribution in [0.15, 0.2) is 0 Å². The topological polar surface area (TPSA) is 26.3 Å². The molecule has 4 heteroatoms. The van der Waals surface area contributed by atoms with E-state index in [0.29, 0.717) is 17.4 Å². The van der Waals surface area contributed by atoms with Crippen LogP contribution in [0, 0.1) is 11.3 Å². The van der Waals surface area contributed by atoms with Gasteiger partial charge in [0.1, 0.15) is 0 Å². The fourth-order valence-electron chi connectivity index (χ4n) is 4.30. The highest BCUT2D eigenvalue weighted by molar-refractivity contribution is 9.09. The molecule has 0 spiro atoms. The Kier molecular flexibility index (Phi) is 3.91. The number of hydrogen-bond donors (Lipinski definition) is 0. The van der Waals surface area contributed by atoms with Crippen LogP contribution in [0.2, 0.25) is 0 Å². The molecule has 2 saturated heterocycles. The Bertz CT molecular complexity index is 398. The van der Waals surface area contributed by atoms with Crippen molar-refractivity contribution in [3.05, 3.63) is 0 Å². The first-order valence-electron chi connectivity index (χ1n) is 8.11. The summed E-state index contributed by atoms with van der Waals surface area (Å²) in [4.78, 5) is 12.5. The number of esters is 1. The van der Waals surface area contributed by atoms with Crippen molar-refractivity contribution >= 4 is 21.9 Å². The van der Waals surface area contributed by atoms with Gasteiger partial charge in [-0.25, -0.2) is 0 Å². The minimum Gasteiger partial charge on any atom is -0.465 e. The second-order valence-corrected chi connectivity index (χ2v) is 8.68. The average Bonchev–Trinajstić information content (AvgIpc) is 3.04. The third kappa shape index (κ3) is 2.54. The van der Waals surface area contributed by atoms with Crippen molar-refractivity contribution in [2.24, 2.45) is 11.3 Å². The van der Waals surface area contributed by atoms with Gasteiger partial charge in [0.25, 0.3) is 0 Å². The monoisotopic (exact) mass is 344 g/mol. The number of rotatable bonds is 3. The van der Waals surface area contributed by atoms with E-state index < -0.39 is 0 Å². The molecule has 0 amide bonds. The molecule has 1 saturated carbocycles. The predicted molar refractivity (Wildman–Crippen MR) is 82.7 cm³/mol. The molecule has 0 aromatic carbocycles. The van der Waals surface area contributed by atoms with E-state index in [1.165, 1.54) is 49.7 Å². The highest BCUT2D eigenvalue weighted by atomic mass is 79.9. The molecule has 3 rings (SSSR count). The number of alkyl halides is 1. The summed E-state index contributed by atoms with van der Waals surface area (Å²) in [6, 6.07) is 0.720. The summed E-state index contributed by atoms with van der Waals surface area (Å²) < 4.78 is 6.92. The standard InChI is InChI=1S/C16H27BrNO2/c1-16(10-14(16)17)15(19)20-11-12-6-5-9-18(2)8-4-3-7-13(12)18/h12-14H,3-11H2,1-2H3/q+1/t12-,13+,14?,16?,18?/m0/s1. The number of ether oxygens (including phenoxy) is 1. The molecule has 5 atom stereocenters. The van der Waals surface area contributed by atoms with Crippen molar-refractivity contribution in [3.8, 4) is 0 Å². The molecule has 0 N–H and O–H groups in total. The van der Waals surface area contributed by atoms with Gasteiger partial charge in [-0.2, -0.15) is 0 Å². The van der Waals surface area contributed by atoms with Crippen molar-refractivity contribution < 1.29 is 14.0 Å². The summed E-state index contributed by atoms with van der Waals surface area (Å²) in [5, 5.41) is 0. The van der Waals surface area contributed by atoms with Gasteiger partial charge < -0.3 is 9.22 Å². The third-order valence-corrected chi connectivity index (χ3v) is 7.37. The van der Waals surface area contributed by atoms with Crippen LogP contribution in [0.25, 0.3) is 0 Å². The van der Waals surface area contributed by atoms with Crippen LogP contribution in [0.1, 0.15) is 45.4 Å². The lowest BCUT2D eigenvalue weighted by Crippen LogP contribution is -2.61. The zero-order valence-electron chi connectivity index (χ0n) is 12.7. The Balaban J connectivity index is 1.58. The molecule has 0 aromatic heterocycles. The molecule has 1 aliphatic carbocycles. The lowest BCUT2D eigenvalue weighted by molar-refractivity contribution is -0.947. The molecule has 20 heavy (non-hydrogen) atoms. The lowest BCUT2D eigenvalue weighted by Gasteiger charge is -2.51. The predicted octanol–water partition coefficient (Wildman–Crippen LogP) is 3.11. The number of carbonyl (C=O) groups excluding carboxylic acids is 1. The second kappa shape index (κ2) is 5.28. The minimum atomic E-state index is -0.251. The van der Waals surface area contributed by atoms with Gasteiger partial charge in [0.15, 0.2) is 0 Å². The van der Waals surface area contributed by atoms with Gasteiger partial charge in [0.2, 0.25) is 0 Å². The Hall–Kier alpha value is -0.0900. The summed E-state index contributed by atoms with van der Waals surface area (Å²) in [5.41, 5.74) is -0.251. The zero-order chi connectivity index (χ0) is 14.4. The smallest absolute Gasteiger partial charge is 0.312 e. The quantitative estimate of drug-likeness (QED) is 0.446. The molecule has 2 aliphatic heterocycles. The van der Waals surface area contributed by atoms with Crippen LogP contribution in [0.3, 0.4) is 0 Å². The first-order chi connectivity index (χ1) is 9.46. The first-order valence-corrected chi connectivity index (χ1v) is 9.03. The number of halogens is 1. The molecule has 3 fully saturated rings. The summed E-state index contributed by atoms with van der Waals surface area (Å²) in [5.74, 6) is 0.587. The van der Waals surface area contributed by atoms with Crippen LogP contribution in [0.5, 0.6) is 0 Å². The van der Waals surface area contributed by atoms with Crippen LogP contribution in [-0.4, -0.2) is 48.1 Å². The zero-order valence-corrected chi connectivity index (χ0v) is 14.3. The van der Waals surface area contributed by atoms with Crippen molar-refractivity contribution in [1.82, 2.24) is 0 Å². The van der Waals surface area contributed by atoms with E-state index in [-0.39, 0.29) is 11.4 Å². The Morgan fingerprint density at radius 1 is 1.30 bits per heavy atom. The molecule has 0 radical (unpaired) electrons. The van der Waals surface area contributed by atoms with Gasteiger partial charge in [-0.05, 0) is 39.0 Å². The first kappa shape index (κ1) is 14.8. The number of quaternary nitrogens is 1. The molecule has 0 bridgehead atoms. The molecule has 0 aromatic rings. The van der Waals surface area contributed by atoms with Gasteiger partial charge in [-0.3, -0.25) is 4.79 Å². The highest BCUT2D eigenvalue weighted by Gasteiger charge is 2.56. The number of carbonyl (C=O) groups is 1. The van der Waals surface area contributed by atoms with E-state index in [1.807, 2.05) is 6.92 Å². The Morgan fingerprint density at radius 2 is 2.00 bits per heavy atom. The van der Waals surface area contributed by atoms with Crippen LogP contribution in [-0.2, 0) is 9.53 Å². The van der Waals surface area contributed by atoms with Crippen molar-refractivity contribution in [1.29, 1.82) is 0 Å². The fourth-order valence-corrected chi connectivity index (χ4v) is 5.16. The molecular weight excluding hydrogens is 318 g/mol. The van der Waals surface area contributed by atoms with E-state index in [4.69, 9.17) is 4.74 Å². The summed E-state index contributed by atoms with van der Waals surface area (Å²) in [6.45, 7) is 5.29. The fraction of sp³-hybridized carbons (Fsp3) is 0.938. The van der Waals surface area contributed by atoms with E-state index in [0.717, 1.165) is 12.5 Å². The van der Waals surface area contributed by atoms with E-state index in [2.05, 4.69) is 23.0 Å². The van der Waals surface area contributed by atoms with Gasteiger partial charge in [0.05, 0.1) is 38.2 Å².